The smallest absolute Gasteiger partial charge is 0.327 e. The number of nitro groups is 1. The molecular weight excluding hydrogens is 290 g/mol. The predicted molar refractivity (Wildman–Crippen MR) is 74.4 cm³/mol. The summed E-state index contributed by atoms with van der Waals surface area (Å²) in [4.78, 5) is 38.7. The molecule has 118 valence electrons. The van der Waals surface area contributed by atoms with Crippen LogP contribution in [0.2, 0.25) is 0 Å². The molecule has 3 rings (SSSR count). The molecule has 2 aliphatic rings. The van der Waals surface area contributed by atoms with E-state index in [0.29, 0.717) is 5.56 Å². The fraction of sp³-hybridized carbons (Fsp3) is 0.571. The number of hydrogen-bond acceptors (Lipinski definition) is 5. The zero-order valence-electron chi connectivity index (χ0n) is 12.4. The van der Waals surface area contributed by atoms with Gasteiger partial charge >= 0.3 is 17.5 Å². The molecule has 1 aromatic heterocycles. The van der Waals surface area contributed by atoms with Crippen LogP contribution in [0.5, 0.6) is 0 Å². The van der Waals surface area contributed by atoms with Crippen molar-refractivity contribution in [3.05, 3.63) is 34.3 Å². The number of carbonyl (C=O) groups is 2. The van der Waals surface area contributed by atoms with E-state index in [0.717, 1.165) is 17.7 Å². The van der Waals surface area contributed by atoms with E-state index in [-0.39, 0.29) is 12.6 Å². The lowest BCUT2D eigenvalue weighted by Gasteiger charge is -2.44. The highest BCUT2D eigenvalue weighted by Gasteiger charge is 2.63. The molecule has 0 bridgehead atoms. The molecule has 1 aromatic rings. The maximum Gasteiger partial charge on any atom is 0.327 e. The fourth-order valence-electron chi connectivity index (χ4n) is 2.88. The van der Waals surface area contributed by atoms with Crippen LogP contribution < -0.4 is 0 Å². The van der Waals surface area contributed by atoms with Crippen LogP contribution in [0.1, 0.15) is 32.3 Å². The SMILES string of the molecule is CC1N(C2CC2)C(=O)N(Cc2ccoc2)C(=O)C1(C)[N+](=O)[O-]. The van der Waals surface area contributed by atoms with Crippen molar-refractivity contribution in [2.75, 3.05) is 0 Å². The van der Waals surface area contributed by atoms with Gasteiger partial charge in [-0.3, -0.25) is 19.8 Å². The molecule has 2 atom stereocenters. The van der Waals surface area contributed by atoms with E-state index >= 15 is 0 Å². The highest BCUT2D eigenvalue weighted by atomic mass is 16.6. The van der Waals surface area contributed by atoms with Gasteiger partial charge in [-0.15, -0.1) is 0 Å². The number of imide groups is 1. The average molecular weight is 307 g/mol. The van der Waals surface area contributed by atoms with Gasteiger partial charge in [0.15, 0.2) is 0 Å². The zero-order chi connectivity index (χ0) is 16.1. The molecule has 1 saturated carbocycles. The lowest BCUT2D eigenvalue weighted by Crippen LogP contribution is -2.71. The zero-order valence-corrected chi connectivity index (χ0v) is 12.4. The van der Waals surface area contributed by atoms with Crippen molar-refractivity contribution < 1.29 is 18.9 Å². The summed E-state index contributed by atoms with van der Waals surface area (Å²) in [5.41, 5.74) is -1.21. The molecule has 2 fully saturated rings. The standard InChI is InChI=1S/C14H17N3O5/c1-9-14(2,17(20)21)12(18)15(7-10-5-6-22-8-10)13(19)16(9)11-3-4-11/h5-6,8-9,11H,3-4,7H2,1-2H3. The highest BCUT2D eigenvalue weighted by molar-refractivity contribution is 6.02. The van der Waals surface area contributed by atoms with E-state index < -0.39 is 28.4 Å². The van der Waals surface area contributed by atoms with Crippen molar-refractivity contribution in [3.8, 4) is 0 Å². The first kappa shape index (κ1) is 14.6. The largest absolute Gasteiger partial charge is 0.472 e. The summed E-state index contributed by atoms with van der Waals surface area (Å²) >= 11 is 0. The number of furan rings is 1. The minimum Gasteiger partial charge on any atom is -0.472 e. The van der Waals surface area contributed by atoms with Gasteiger partial charge in [0.2, 0.25) is 0 Å². The first-order valence-electron chi connectivity index (χ1n) is 7.17. The van der Waals surface area contributed by atoms with E-state index in [9.17, 15) is 19.7 Å². The summed E-state index contributed by atoms with van der Waals surface area (Å²) in [5, 5.41) is 11.5. The molecule has 22 heavy (non-hydrogen) atoms. The molecule has 2 unspecified atom stereocenters. The first-order valence-corrected chi connectivity index (χ1v) is 7.17. The second kappa shape index (κ2) is 4.82. The normalized spacial score (nSPS) is 29.1. The van der Waals surface area contributed by atoms with Crippen LogP contribution in [-0.4, -0.2) is 44.3 Å². The fourth-order valence-corrected chi connectivity index (χ4v) is 2.88. The lowest BCUT2D eigenvalue weighted by molar-refractivity contribution is -0.557. The molecule has 8 nitrogen and oxygen atoms in total. The van der Waals surface area contributed by atoms with Gasteiger partial charge in [0.05, 0.1) is 19.1 Å². The molecule has 1 saturated heterocycles. The van der Waals surface area contributed by atoms with Gasteiger partial charge in [0, 0.05) is 23.5 Å². The Morgan fingerprint density at radius 2 is 2.14 bits per heavy atom. The van der Waals surface area contributed by atoms with E-state index in [1.54, 1.807) is 13.0 Å². The number of amides is 3. The van der Waals surface area contributed by atoms with Gasteiger partial charge < -0.3 is 9.32 Å². The van der Waals surface area contributed by atoms with Gasteiger partial charge in [0.25, 0.3) is 0 Å². The van der Waals surface area contributed by atoms with Gasteiger partial charge in [-0.25, -0.2) is 4.79 Å². The van der Waals surface area contributed by atoms with Crippen LogP contribution >= 0.6 is 0 Å². The van der Waals surface area contributed by atoms with Crippen LogP contribution in [0.4, 0.5) is 4.79 Å². The van der Waals surface area contributed by atoms with E-state index in [4.69, 9.17) is 4.42 Å². The van der Waals surface area contributed by atoms with Crippen molar-refractivity contribution >= 4 is 11.9 Å². The quantitative estimate of drug-likeness (QED) is 0.622. The minimum atomic E-state index is -1.83. The van der Waals surface area contributed by atoms with Gasteiger partial charge in [-0.1, -0.05) is 0 Å². The third-order valence-electron chi connectivity index (χ3n) is 4.60. The summed E-state index contributed by atoms with van der Waals surface area (Å²) in [6, 6.07) is 0.390. The Balaban J connectivity index is 1.99. The molecule has 0 aromatic carbocycles. The molecular formula is C14H17N3O5. The Labute approximate surface area is 126 Å². The third-order valence-corrected chi connectivity index (χ3v) is 4.60. The maximum absolute atomic E-state index is 12.6. The number of rotatable bonds is 4. The molecule has 0 radical (unpaired) electrons. The van der Waals surface area contributed by atoms with E-state index in [1.165, 1.54) is 24.3 Å². The first-order chi connectivity index (χ1) is 10.4. The molecule has 8 heteroatoms. The summed E-state index contributed by atoms with van der Waals surface area (Å²) in [5.74, 6) is -0.770. The molecule has 2 heterocycles. The number of hydrogen-bond donors (Lipinski definition) is 0. The van der Waals surface area contributed by atoms with Crippen LogP contribution in [0.25, 0.3) is 0 Å². The Kier molecular flexibility index (Phi) is 3.19. The molecule has 1 aliphatic heterocycles. The molecule has 3 amide bonds. The Morgan fingerprint density at radius 3 is 2.64 bits per heavy atom. The van der Waals surface area contributed by atoms with Crippen molar-refractivity contribution in [2.45, 2.75) is 50.9 Å². The Bertz CT molecular complexity index is 624. The van der Waals surface area contributed by atoms with Crippen LogP contribution in [0.15, 0.2) is 23.0 Å². The maximum atomic E-state index is 12.6. The number of carbonyl (C=O) groups excluding carboxylic acids is 2. The Hall–Kier alpha value is -2.38. The monoisotopic (exact) mass is 307 g/mol. The van der Waals surface area contributed by atoms with Crippen molar-refractivity contribution in [1.82, 2.24) is 9.80 Å². The summed E-state index contributed by atoms with van der Waals surface area (Å²) < 4.78 is 4.94. The predicted octanol–water partition coefficient (Wildman–Crippen LogP) is 1.63. The summed E-state index contributed by atoms with van der Waals surface area (Å²) in [6.45, 7) is 2.85. The molecule has 0 spiro atoms. The minimum absolute atomic E-state index is 0.0123. The van der Waals surface area contributed by atoms with E-state index in [1.807, 2.05) is 0 Å². The van der Waals surface area contributed by atoms with Crippen LogP contribution in [0, 0.1) is 10.1 Å². The van der Waals surface area contributed by atoms with Crippen LogP contribution in [0.3, 0.4) is 0 Å². The highest BCUT2D eigenvalue weighted by Crippen LogP contribution is 2.38. The van der Waals surface area contributed by atoms with Crippen molar-refractivity contribution in [2.24, 2.45) is 0 Å². The molecule has 0 N–H and O–H groups in total. The second-order valence-corrected chi connectivity index (χ2v) is 6.02. The van der Waals surface area contributed by atoms with Gasteiger partial charge in [0.1, 0.15) is 6.04 Å². The lowest BCUT2D eigenvalue weighted by atomic mass is 9.88. The summed E-state index contributed by atoms with van der Waals surface area (Å²) in [7, 11) is 0. The second-order valence-electron chi connectivity index (χ2n) is 6.02. The molecule has 1 aliphatic carbocycles. The van der Waals surface area contributed by atoms with Crippen molar-refractivity contribution in [3.63, 3.8) is 0 Å². The van der Waals surface area contributed by atoms with Gasteiger partial charge in [-0.05, 0) is 25.8 Å². The average Bonchev–Trinajstić information content (AvgIpc) is 3.16. The summed E-state index contributed by atoms with van der Waals surface area (Å²) in [6.07, 6.45) is 4.49. The third kappa shape index (κ3) is 1.98. The number of urea groups is 1. The van der Waals surface area contributed by atoms with E-state index in [2.05, 4.69) is 0 Å². The number of nitrogens with zero attached hydrogens (tertiary/aromatic N) is 3. The Morgan fingerprint density at radius 1 is 1.45 bits per heavy atom. The van der Waals surface area contributed by atoms with Crippen LogP contribution in [-0.2, 0) is 11.3 Å². The van der Waals surface area contributed by atoms with Crippen molar-refractivity contribution in [1.29, 1.82) is 0 Å². The van der Waals surface area contributed by atoms with Gasteiger partial charge in [-0.2, -0.15) is 0 Å². The topological polar surface area (TPSA) is 96.9 Å².